The van der Waals surface area contributed by atoms with Gasteiger partial charge >= 0.3 is 0 Å². The van der Waals surface area contributed by atoms with E-state index in [9.17, 15) is 9.18 Å². The van der Waals surface area contributed by atoms with E-state index in [0.717, 1.165) is 16.1 Å². The van der Waals surface area contributed by atoms with E-state index in [0.29, 0.717) is 28.6 Å². The summed E-state index contributed by atoms with van der Waals surface area (Å²) in [5.74, 6) is -0.457. The Labute approximate surface area is 154 Å². The molecule has 0 bridgehead atoms. The predicted molar refractivity (Wildman–Crippen MR) is 98.7 cm³/mol. The highest BCUT2D eigenvalue weighted by Crippen LogP contribution is 2.21. The fourth-order valence-electron chi connectivity index (χ4n) is 2.38. The summed E-state index contributed by atoms with van der Waals surface area (Å²) in [5.41, 5.74) is 2.65. The molecule has 128 valence electrons. The summed E-state index contributed by atoms with van der Waals surface area (Å²) in [6.45, 7) is 2.18. The molecular formula is C19H16ClFN2OS. The zero-order chi connectivity index (χ0) is 17.8. The molecule has 0 spiro atoms. The Morgan fingerprint density at radius 3 is 2.44 bits per heavy atom. The van der Waals surface area contributed by atoms with Crippen molar-refractivity contribution in [2.24, 2.45) is 0 Å². The van der Waals surface area contributed by atoms with Gasteiger partial charge in [-0.1, -0.05) is 35.9 Å². The van der Waals surface area contributed by atoms with Gasteiger partial charge in [0.25, 0.3) is 5.91 Å². The Kier molecular flexibility index (Phi) is 5.46. The Morgan fingerprint density at radius 1 is 1.12 bits per heavy atom. The molecule has 1 N–H and O–H groups in total. The average Bonchev–Trinajstić information content (AvgIpc) is 2.96. The molecule has 1 aromatic heterocycles. The molecule has 0 atom stereocenters. The maximum absolute atomic E-state index is 12.9. The summed E-state index contributed by atoms with van der Waals surface area (Å²) in [4.78, 5) is 17.5. The van der Waals surface area contributed by atoms with Crippen molar-refractivity contribution in [2.75, 3.05) is 0 Å². The number of amides is 1. The standard InChI is InChI=1S/C19H16ClFN2OS/c1-12-18(19(24)22-11-14-4-8-16(21)9-5-14)25-17(23-12)10-13-2-6-15(20)7-3-13/h2-9H,10-11H2,1H3,(H,22,24). The van der Waals surface area contributed by atoms with Crippen LogP contribution in [0, 0.1) is 12.7 Å². The van der Waals surface area contributed by atoms with Crippen LogP contribution >= 0.6 is 22.9 Å². The molecule has 3 rings (SSSR count). The van der Waals surface area contributed by atoms with Crippen molar-refractivity contribution in [3.05, 3.63) is 86.1 Å². The smallest absolute Gasteiger partial charge is 0.263 e. The van der Waals surface area contributed by atoms with Gasteiger partial charge in [-0.05, 0) is 42.3 Å². The lowest BCUT2D eigenvalue weighted by Crippen LogP contribution is -2.22. The van der Waals surface area contributed by atoms with E-state index in [2.05, 4.69) is 10.3 Å². The fraction of sp³-hybridized carbons (Fsp3) is 0.158. The summed E-state index contributed by atoms with van der Waals surface area (Å²) in [7, 11) is 0. The SMILES string of the molecule is Cc1nc(Cc2ccc(Cl)cc2)sc1C(=O)NCc1ccc(F)cc1. The zero-order valence-electron chi connectivity index (χ0n) is 13.6. The van der Waals surface area contributed by atoms with E-state index < -0.39 is 0 Å². The number of carbonyl (C=O) groups excluding carboxylic acids is 1. The van der Waals surface area contributed by atoms with E-state index in [1.807, 2.05) is 31.2 Å². The average molecular weight is 375 g/mol. The Balaban J connectivity index is 1.65. The van der Waals surface area contributed by atoms with E-state index >= 15 is 0 Å². The minimum Gasteiger partial charge on any atom is -0.347 e. The van der Waals surface area contributed by atoms with Crippen LogP contribution in [0.5, 0.6) is 0 Å². The lowest BCUT2D eigenvalue weighted by atomic mass is 10.2. The normalized spacial score (nSPS) is 10.7. The Morgan fingerprint density at radius 2 is 1.76 bits per heavy atom. The predicted octanol–water partition coefficient (Wildman–Crippen LogP) is 4.76. The molecule has 3 aromatic rings. The highest BCUT2D eigenvalue weighted by Gasteiger charge is 2.15. The number of nitrogens with zero attached hydrogens (tertiary/aromatic N) is 1. The summed E-state index contributed by atoms with van der Waals surface area (Å²) in [5, 5.41) is 4.43. The van der Waals surface area contributed by atoms with Crippen LogP contribution in [0.1, 0.15) is 31.5 Å². The van der Waals surface area contributed by atoms with Crippen molar-refractivity contribution in [2.45, 2.75) is 19.9 Å². The van der Waals surface area contributed by atoms with Crippen LogP contribution in [0.3, 0.4) is 0 Å². The van der Waals surface area contributed by atoms with Gasteiger partial charge < -0.3 is 5.32 Å². The zero-order valence-corrected chi connectivity index (χ0v) is 15.1. The number of aromatic nitrogens is 1. The van der Waals surface area contributed by atoms with Crippen LogP contribution < -0.4 is 5.32 Å². The van der Waals surface area contributed by atoms with Gasteiger partial charge in [0, 0.05) is 18.0 Å². The molecule has 0 radical (unpaired) electrons. The highest BCUT2D eigenvalue weighted by molar-refractivity contribution is 7.13. The van der Waals surface area contributed by atoms with Crippen molar-refractivity contribution in [1.29, 1.82) is 0 Å². The quantitative estimate of drug-likeness (QED) is 0.699. The van der Waals surface area contributed by atoms with Crippen molar-refractivity contribution in [3.8, 4) is 0 Å². The van der Waals surface area contributed by atoms with Gasteiger partial charge in [0.1, 0.15) is 10.7 Å². The topological polar surface area (TPSA) is 42.0 Å². The molecule has 25 heavy (non-hydrogen) atoms. The van der Waals surface area contributed by atoms with Crippen LogP contribution in [0.15, 0.2) is 48.5 Å². The summed E-state index contributed by atoms with van der Waals surface area (Å²) in [6.07, 6.45) is 0.661. The van der Waals surface area contributed by atoms with E-state index in [-0.39, 0.29) is 11.7 Å². The van der Waals surface area contributed by atoms with Crippen molar-refractivity contribution < 1.29 is 9.18 Å². The van der Waals surface area contributed by atoms with Crippen LogP contribution in [-0.4, -0.2) is 10.9 Å². The summed E-state index contributed by atoms with van der Waals surface area (Å²) < 4.78 is 12.9. The van der Waals surface area contributed by atoms with Crippen LogP contribution in [0.2, 0.25) is 5.02 Å². The molecular weight excluding hydrogens is 359 g/mol. The molecule has 1 heterocycles. The maximum Gasteiger partial charge on any atom is 0.263 e. The molecule has 0 aliphatic carbocycles. The summed E-state index contributed by atoms with van der Waals surface area (Å²) in [6, 6.07) is 13.7. The number of aryl methyl sites for hydroxylation is 1. The van der Waals surface area contributed by atoms with Crippen molar-refractivity contribution in [3.63, 3.8) is 0 Å². The maximum atomic E-state index is 12.9. The first-order valence-electron chi connectivity index (χ1n) is 7.74. The van der Waals surface area contributed by atoms with Gasteiger partial charge in [-0.15, -0.1) is 11.3 Å². The second kappa shape index (κ2) is 7.76. The molecule has 0 saturated carbocycles. The molecule has 1 amide bonds. The largest absolute Gasteiger partial charge is 0.347 e. The lowest BCUT2D eigenvalue weighted by Gasteiger charge is -2.04. The first-order valence-corrected chi connectivity index (χ1v) is 8.94. The van der Waals surface area contributed by atoms with Gasteiger partial charge in [0.15, 0.2) is 0 Å². The van der Waals surface area contributed by atoms with Gasteiger partial charge in [-0.2, -0.15) is 0 Å². The number of benzene rings is 2. The number of carbonyl (C=O) groups is 1. The number of hydrogen-bond acceptors (Lipinski definition) is 3. The molecule has 0 aliphatic heterocycles. The first-order chi connectivity index (χ1) is 12.0. The molecule has 0 saturated heterocycles. The molecule has 0 aliphatic rings. The number of hydrogen-bond donors (Lipinski definition) is 1. The fourth-order valence-corrected chi connectivity index (χ4v) is 3.52. The first kappa shape index (κ1) is 17.6. The van der Waals surface area contributed by atoms with Crippen LogP contribution in [0.4, 0.5) is 4.39 Å². The van der Waals surface area contributed by atoms with Crippen molar-refractivity contribution in [1.82, 2.24) is 10.3 Å². The van der Waals surface area contributed by atoms with Gasteiger partial charge in [0.05, 0.1) is 10.7 Å². The third-order valence-electron chi connectivity index (χ3n) is 3.68. The summed E-state index contributed by atoms with van der Waals surface area (Å²) >= 11 is 7.28. The third kappa shape index (κ3) is 4.65. The lowest BCUT2D eigenvalue weighted by molar-refractivity contribution is 0.0954. The molecule has 3 nitrogen and oxygen atoms in total. The van der Waals surface area contributed by atoms with Gasteiger partial charge in [-0.3, -0.25) is 4.79 Å². The third-order valence-corrected chi connectivity index (χ3v) is 5.09. The molecule has 6 heteroatoms. The van der Waals surface area contributed by atoms with Gasteiger partial charge in [-0.25, -0.2) is 9.37 Å². The minimum absolute atomic E-state index is 0.165. The van der Waals surface area contributed by atoms with E-state index in [4.69, 9.17) is 11.6 Å². The van der Waals surface area contributed by atoms with Crippen LogP contribution in [-0.2, 0) is 13.0 Å². The number of nitrogens with one attached hydrogen (secondary N) is 1. The van der Waals surface area contributed by atoms with E-state index in [1.165, 1.54) is 23.5 Å². The molecule has 0 unspecified atom stereocenters. The number of rotatable bonds is 5. The molecule has 2 aromatic carbocycles. The minimum atomic E-state index is -0.291. The number of thiazole rings is 1. The monoisotopic (exact) mass is 374 g/mol. The Bertz CT molecular complexity index is 875. The Hall–Kier alpha value is -2.24. The van der Waals surface area contributed by atoms with Gasteiger partial charge in [0.2, 0.25) is 0 Å². The highest BCUT2D eigenvalue weighted by atomic mass is 35.5. The second-order valence-electron chi connectivity index (χ2n) is 5.63. The van der Waals surface area contributed by atoms with Crippen LogP contribution in [0.25, 0.3) is 0 Å². The molecule has 0 fully saturated rings. The van der Waals surface area contributed by atoms with Crippen molar-refractivity contribution >= 4 is 28.8 Å². The van der Waals surface area contributed by atoms with E-state index in [1.54, 1.807) is 12.1 Å². The second-order valence-corrected chi connectivity index (χ2v) is 7.15. The number of halogens is 2.